The van der Waals surface area contributed by atoms with Crippen molar-refractivity contribution in [3.8, 4) is 0 Å². The van der Waals surface area contributed by atoms with Crippen molar-refractivity contribution in [1.29, 1.82) is 0 Å². The van der Waals surface area contributed by atoms with E-state index in [-0.39, 0.29) is 12.0 Å². The number of hydrogen-bond acceptors (Lipinski definition) is 3. The highest BCUT2D eigenvalue weighted by molar-refractivity contribution is 5.18. The van der Waals surface area contributed by atoms with Crippen molar-refractivity contribution in [2.75, 3.05) is 6.61 Å². The summed E-state index contributed by atoms with van der Waals surface area (Å²) in [6.45, 7) is 5.89. The van der Waals surface area contributed by atoms with Crippen molar-refractivity contribution in [1.82, 2.24) is 9.97 Å². The molecule has 0 spiro atoms. The van der Waals surface area contributed by atoms with E-state index < -0.39 is 0 Å². The third kappa shape index (κ3) is 1.61. The fourth-order valence-corrected chi connectivity index (χ4v) is 1.15. The number of rotatable bonds is 2. The molecule has 12 heavy (non-hydrogen) atoms. The minimum atomic E-state index is -0.293. The first-order chi connectivity index (χ1) is 5.58. The Balaban J connectivity index is 3.10. The number of aliphatic hydroxyl groups is 1. The van der Waals surface area contributed by atoms with E-state index in [2.05, 4.69) is 9.97 Å². The van der Waals surface area contributed by atoms with E-state index in [1.165, 1.54) is 0 Å². The van der Waals surface area contributed by atoms with Gasteiger partial charge in [-0.2, -0.15) is 0 Å². The summed E-state index contributed by atoms with van der Waals surface area (Å²) in [6, 6.07) is 0. The van der Waals surface area contributed by atoms with Gasteiger partial charge in [-0.25, -0.2) is 0 Å². The predicted molar refractivity (Wildman–Crippen MR) is 46.9 cm³/mol. The molecule has 1 aromatic heterocycles. The SMILES string of the molecule is Cc1nccnc1C(C)(C)CO. The van der Waals surface area contributed by atoms with Crippen LogP contribution >= 0.6 is 0 Å². The zero-order valence-electron chi connectivity index (χ0n) is 7.70. The lowest BCUT2D eigenvalue weighted by Crippen LogP contribution is -2.25. The van der Waals surface area contributed by atoms with Crippen LogP contribution in [0.3, 0.4) is 0 Å². The number of nitrogens with zero attached hydrogens (tertiary/aromatic N) is 2. The fourth-order valence-electron chi connectivity index (χ4n) is 1.15. The zero-order chi connectivity index (χ0) is 9.19. The quantitative estimate of drug-likeness (QED) is 0.714. The Labute approximate surface area is 72.5 Å². The molecular formula is C9H14N2O. The molecule has 0 aliphatic carbocycles. The van der Waals surface area contributed by atoms with E-state index in [9.17, 15) is 0 Å². The van der Waals surface area contributed by atoms with Crippen LogP contribution in [-0.2, 0) is 5.41 Å². The smallest absolute Gasteiger partial charge is 0.0694 e. The summed E-state index contributed by atoms with van der Waals surface area (Å²) >= 11 is 0. The van der Waals surface area contributed by atoms with E-state index in [4.69, 9.17) is 5.11 Å². The van der Waals surface area contributed by atoms with E-state index in [1.54, 1.807) is 12.4 Å². The average molecular weight is 166 g/mol. The molecule has 0 fully saturated rings. The average Bonchev–Trinajstić information content (AvgIpc) is 2.05. The van der Waals surface area contributed by atoms with Crippen LogP contribution in [0.25, 0.3) is 0 Å². The molecular weight excluding hydrogens is 152 g/mol. The molecule has 0 radical (unpaired) electrons. The first-order valence-corrected chi connectivity index (χ1v) is 3.97. The minimum absolute atomic E-state index is 0.0898. The van der Waals surface area contributed by atoms with E-state index in [0.717, 1.165) is 11.4 Å². The summed E-state index contributed by atoms with van der Waals surface area (Å²) < 4.78 is 0. The molecule has 0 unspecified atom stereocenters. The fraction of sp³-hybridized carbons (Fsp3) is 0.556. The van der Waals surface area contributed by atoms with Crippen LogP contribution in [0.1, 0.15) is 25.2 Å². The third-order valence-corrected chi connectivity index (χ3v) is 1.92. The highest BCUT2D eigenvalue weighted by atomic mass is 16.3. The van der Waals surface area contributed by atoms with Crippen molar-refractivity contribution >= 4 is 0 Å². The van der Waals surface area contributed by atoms with Crippen molar-refractivity contribution in [3.63, 3.8) is 0 Å². The van der Waals surface area contributed by atoms with Gasteiger partial charge in [0.1, 0.15) is 0 Å². The molecule has 0 aliphatic heterocycles. The maximum Gasteiger partial charge on any atom is 0.0694 e. The largest absolute Gasteiger partial charge is 0.395 e. The van der Waals surface area contributed by atoms with Gasteiger partial charge in [0.05, 0.1) is 18.0 Å². The van der Waals surface area contributed by atoms with Crippen LogP contribution in [0, 0.1) is 6.92 Å². The van der Waals surface area contributed by atoms with E-state index >= 15 is 0 Å². The summed E-state index contributed by atoms with van der Waals surface area (Å²) in [5.74, 6) is 0. The maximum atomic E-state index is 9.10. The lowest BCUT2D eigenvalue weighted by atomic mass is 9.89. The lowest BCUT2D eigenvalue weighted by molar-refractivity contribution is 0.214. The van der Waals surface area contributed by atoms with Crippen LogP contribution in [0.4, 0.5) is 0 Å². The standard InChI is InChI=1S/C9H14N2O/c1-7-8(9(2,3)6-12)11-5-4-10-7/h4-5,12H,6H2,1-3H3. The number of aryl methyl sites for hydroxylation is 1. The molecule has 1 heterocycles. The monoisotopic (exact) mass is 166 g/mol. The van der Waals surface area contributed by atoms with Crippen LogP contribution in [-0.4, -0.2) is 21.7 Å². The molecule has 1 aromatic rings. The summed E-state index contributed by atoms with van der Waals surface area (Å²) in [5, 5.41) is 9.10. The Kier molecular flexibility index (Phi) is 2.43. The van der Waals surface area contributed by atoms with Gasteiger partial charge < -0.3 is 5.11 Å². The second kappa shape index (κ2) is 3.19. The third-order valence-electron chi connectivity index (χ3n) is 1.92. The highest BCUT2D eigenvalue weighted by Crippen LogP contribution is 2.21. The van der Waals surface area contributed by atoms with Crippen LogP contribution < -0.4 is 0 Å². The zero-order valence-corrected chi connectivity index (χ0v) is 7.70. The van der Waals surface area contributed by atoms with Crippen molar-refractivity contribution in [2.24, 2.45) is 0 Å². The molecule has 0 saturated heterocycles. The van der Waals surface area contributed by atoms with Crippen LogP contribution in [0.2, 0.25) is 0 Å². The van der Waals surface area contributed by atoms with Crippen molar-refractivity contribution < 1.29 is 5.11 Å². The summed E-state index contributed by atoms with van der Waals surface area (Å²) in [7, 11) is 0. The number of aromatic nitrogens is 2. The van der Waals surface area contributed by atoms with Gasteiger partial charge in [0.25, 0.3) is 0 Å². The molecule has 3 nitrogen and oxygen atoms in total. The molecule has 1 N–H and O–H groups in total. The van der Waals surface area contributed by atoms with Gasteiger partial charge in [-0.3, -0.25) is 9.97 Å². The van der Waals surface area contributed by atoms with Gasteiger partial charge in [-0.15, -0.1) is 0 Å². The van der Waals surface area contributed by atoms with Gasteiger partial charge >= 0.3 is 0 Å². The Morgan fingerprint density at radius 1 is 1.33 bits per heavy atom. The van der Waals surface area contributed by atoms with Crippen LogP contribution in [0.5, 0.6) is 0 Å². The molecule has 0 aromatic carbocycles. The normalized spacial score (nSPS) is 11.7. The Morgan fingerprint density at radius 3 is 2.42 bits per heavy atom. The second-order valence-corrected chi connectivity index (χ2v) is 3.53. The molecule has 0 amide bonds. The topological polar surface area (TPSA) is 46.0 Å². The van der Waals surface area contributed by atoms with Crippen molar-refractivity contribution in [2.45, 2.75) is 26.2 Å². The highest BCUT2D eigenvalue weighted by Gasteiger charge is 2.23. The summed E-state index contributed by atoms with van der Waals surface area (Å²) in [4.78, 5) is 8.32. The Bertz CT molecular complexity index is 271. The summed E-state index contributed by atoms with van der Waals surface area (Å²) in [5.41, 5.74) is 1.46. The molecule has 0 atom stereocenters. The van der Waals surface area contributed by atoms with Gasteiger partial charge in [-0.05, 0) is 6.92 Å². The van der Waals surface area contributed by atoms with Gasteiger partial charge in [0, 0.05) is 17.8 Å². The number of hydrogen-bond donors (Lipinski definition) is 1. The molecule has 0 saturated carbocycles. The van der Waals surface area contributed by atoms with Crippen LogP contribution in [0.15, 0.2) is 12.4 Å². The van der Waals surface area contributed by atoms with Gasteiger partial charge in [-0.1, -0.05) is 13.8 Å². The Morgan fingerprint density at radius 2 is 1.92 bits per heavy atom. The molecule has 1 rings (SSSR count). The minimum Gasteiger partial charge on any atom is -0.395 e. The Hall–Kier alpha value is -0.960. The first kappa shape index (κ1) is 9.13. The van der Waals surface area contributed by atoms with E-state index in [0.29, 0.717) is 0 Å². The first-order valence-electron chi connectivity index (χ1n) is 3.97. The number of aliphatic hydroxyl groups excluding tert-OH is 1. The molecule has 0 bridgehead atoms. The summed E-state index contributed by atoms with van der Waals surface area (Å²) in [6.07, 6.45) is 3.31. The molecule has 66 valence electrons. The maximum absolute atomic E-state index is 9.10. The predicted octanol–water partition coefficient (Wildman–Crippen LogP) is 1.05. The molecule has 3 heteroatoms. The molecule has 0 aliphatic rings. The van der Waals surface area contributed by atoms with Gasteiger partial charge in [0.15, 0.2) is 0 Å². The van der Waals surface area contributed by atoms with E-state index in [1.807, 2.05) is 20.8 Å². The van der Waals surface area contributed by atoms with Crippen molar-refractivity contribution in [3.05, 3.63) is 23.8 Å². The second-order valence-electron chi connectivity index (χ2n) is 3.53. The van der Waals surface area contributed by atoms with Gasteiger partial charge in [0.2, 0.25) is 0 Å². The lowest BCUT2D eigenvalue weighted by Gasteiger charge is -2.21.